The number of amides is 1. The van der Waals surface area contributed by atoms with Crippen LogP contribution >= 0.6 is 11.3 Å². The minimum Gasteiger partial charge on any atom is -0.478 e. The first-order valence-corrected chi connectivity index (χ1v) is 5.79. The summed E-state index contributed by atoms with van der Waals surface area (Å²) in [6.07, 6.45) is -0.915. The van der Waals surface area contributed by atoms with E-state index >= 15 is 0 Å². The highest BCUT2D eigenvalue weighted by Gasteiger charge is 2.28. The number of carbonyl (C=O) groups excluding carboxylic acids is 1. The normalized spacial score (nSPS) is 13.8. The van der Waals surface area contributed by atoms with Crippen LogP contribution in [-0.4, -0.2) is 23.4 Å². The molecule has 4 nitrogen and oxygen atoms in total. The van der Waals surface area contributed by atoms with Gasteiger partial charge in [-0.25, -0.2) is 4.79 Å². The Labute approximate surface area is 99.3 Å². The Bertz CT molecular complexity index is 484. The Balaban J connectivity index is 2.35. The van der Waals surface area contributed by atoms with Crippen LogP contribution in [0.25, 0.3) is 0 Å². The maximum Gasteiger partial charge on any atom is 0.339 e. The molecule has 0 aromatic carbocycles. The van der Waals surface area contributed by atoms with Crippen LogP contribution in [0.5, 0.6) is 0 Å². The van der Waals surface area contributed by atoms with Gasteiger partial charge in [-0.2, -0.15) is 8.78 Å². The van der Waals surface area contributed by atoms with Gasteiger partial charge in [0.15, 0.2) is 0 Å². The summed E-state index contributed by atoms with van der Waals surface area (Å²) >= 11 is 1.08. The zero-order valence-electron chi connectivity index (χ0n) is 8.63. The largest absolute Gasteiger partial charge is 0.478 e. The molecule has 1 amide bonds. The van der Waals surface area contributed by atoms with E-state index < -0.39 is 18.3 Å². The number of carboxylic acids is 1. The van der Waals surface area contributed by atoms with Gasteiger partial charge in [0.1, 0.15) is 5.00 Å². The molecule has 1 aromatic rings. The SMILES string of the molecule is O=C(O)c1c(NC(=O)C(F)F)sc2c1CCC2. The van der Waals surface area contributed by atoms with E-state index in [0.717, 1.165) is 29.1 Å². The van der Waals surface area contributed by atoms with E-state index in [9.17, 15) is 18.4 Å². The maximum absolute atomic E-state index is 12.1. The van der Waals surface area contributed by atoms with Crippen LogP contribution in [0.15, 0.2) is 0 Å². The average molecular weight is 261 g/mol. The number of rotatable bonds is 3. The van der Waals surface area contributed by atoms with Crippen LogP contribution < -0.4 is 5.32 Å². The van der Waals surface area contributed by atoms with Gasteiger partial charge in [0.2, 0.25) is 0 Å². The third kappa shape index (κ3) is 2.14. The number of thiophene rings is 1. The smallest absolute Gasteiger partial charge is 0.339 e. The topological polar surface area (TPSA) is 66.4 Å². The summed E-state index contributed by atoms with van der Waals surface area (Å²) in [5.74, 6) is -2.65. The molecule has 0 saturated carbocycles. The van der Waals surface area contributed by atoms with Gasteiger partial charge in [-0.15, -0.1) is 11.3 Å². The number of carboxylic acid groups (broad SMARTS) is 1. The number of anilines is 1. The number of nitrogens with one attached hydrogen (secondary N) is 1. The number of aryl methyl sites for hydroxylation is 1. The lowest BCUT2D eigenvalue weighted by Gasteiger charge is -2.04. The van der Waals surface area contributed by atoms with Crippen molar-refractivity contribution in [3.05, 3.63) is 16.0 Å². The van der Waals surface area contributed by atoms with Crippen molar-refractivity contribution in [1.82, 2.24) is 0 Å². The van der Waals surface area contributed by atoms with Gasteiger partial charge < -0.3 is 10.4 Å². The van der Waals surface area contributed by atoms with E-state index in [2.05, 4.69) is 0 Å². The van der Waals surface area contributed by atoms with Gasteiger partial charge in [-0.3, -0.25) is 4.79 Å². The van der Waals surface area contributed by atoms with E-state index in [1.165, 1.54) is 0 Å². The molecule has 2 N–H and O–H groups in total. The first kappa shape index (κ1) is 12.0. The lowest BCUT2D eigenvalue weighted by atomic mass is 10.1. The number of aromatic carboxylic acids is 1. The Morgan fingerprint density at radius 1 is 1.35 bits per heavy atom. The van der Waals surface area contributed by atoms with E-state index in [1.807, 2.05) is 5.32 Å². The number of hydrogen-bond donors (Lipinski definition) is 2. The van der Waals surface area contributed by atoms with Crippen molar-refractivity contribution in [3.8, 4) is 0 Å². The van der Waals surface area contributed by atoms with Gasteiger partial charge >= 0.3 is 12.4 Å². The molecule has 1 aromatic heterocycles. The summed E-state index contributed by atoms with van der Waals surface area (Å²) in [5.41, 5.74) is 0.642. The summed E-state index contributed by atoms with van der Waals surface area (Å²) in [6, 6.07) is 0. The molecule has 7 heteroatoms. The van der Waals surface area contributed by atoms with E-state index in [4.69, 9.17) is 5.11 Å². The molecule has 1 aliphatic rings. The molecule has 0 radical (unpaired) electrons. The molecule has 0 saturated heterocycles. The third-order valence-electron chi connectivity index (χ3n) is 2.57. The minimum absolute atomic E-state index is 0.0208. The maximum atomic E-state index is 12.1. The number of carbonyl (C=O) groups is 2. The molecule has 92 valence electrons. The van der Waals surface area contributed by atoms with Gasteiger partial charge in [0.05, 0.1) is 5.56 Å². The summed E-state index contributed by atoms with van der Waals surface area (Å²) < 4.78 is 24.2. The van der Waals surface area contributed by atoms with Crippen LogP contribution in [0.1, 0.15) is 27.2 Å². The fourth-order valence-corrected chi connectivity index (χ4v) is 3.17. The van der Waals surface area contributed by atoms with Crippen molar-refractivity contribution >= 4 is 28.2 Å². The van der Waals surface area contributed by atoms with Crippen molar-refractivity contribution < 1.29 is 23.5 Å². The van der Waals surface area contributed by atoms with Crippen LogP contribution in [0.2, 0.25) is 0 Å². The molecular formula is C10H9F2NO3S. The minimum atomic E-state index is -3.14. The Hall–Kier alpha value is -1.50. The van der Waals surface area contributed by atoms with Crippen molar-refractivity contribution in [2.75, 3.05) is 5.32 Å². The van der Waals surface area contributed by atoms with Crippen molar-refractivity contribution in [1.29, 1.82) is 0 Å². The number of alkyl halides is 2. The van der Waals surface area contributed by atoms with Crippen LogP contribution in [0, 0.1) is 0 Å². The highest BCUT2D eigenvalue weighted by Crippen LogP contribution is 2.39. The molecule has 0 aliphatic heterocycles. The Morgan fingerprint density at radius 3 is 2.65 bits per heavy atom. The van der Waals surface area contributed by atoms with Crippen LogP contribution in [-0.2, 0) is 17.6 Å². The van der Waals surface area contributed by atoms with Gasteiger partial charge in [0, 0.05) is 4.88 Å². The quantitative estimate of drug-likeness (QED) is 0.876. The second-order valence-corrected chi connectivity index (χ2v) is 4.76. The van der Waals surface area contributed by atoms with E-state index in [-0.39, 0.29) is 10.6 Å². The molecule has 0 unspecified atom stereocenters. The Kier molecular flexibility index (Phi) is 3.10. The van der Waals surface area contributed by atoms with Crippen LogP contribution in [0.3, 0.4) is 0 Å². The standard InChI is InChI=1S/C10H9F2NO3S/c11-7(12)8(14)13-9-6(10(15)16)4-2-1-3-5(4)17-9/h7H,1-3H2,(H,13,14)(H,15,16). The summed E-state index contributed by atoms with van der Waals surface area (Å²) in [6.45, 7) is 0. The monoisotopic (exact) mass is 261 g/mol. The molecular weight excluding hydrogens is 252 g/mol. The van der Waals surface area contributed by atoms with Crippen molar-refractivity contribution in [2.45, 2.75) is 25.7 Å². The number of halogens is 2. The van der Waals surface area contributed by atoms with Crippen LogP contribution in [0.4, 0.5) is 13.8 Å². The fourth-order valence-electron chi connectivity index (χ4n) is 1.89. The molecule has 0 atom stereocenters. The lowest BCUT2D eigenvalue weighted by Crippen LogP contribution is -2.20. The second-order valence-electron chi connectivity index (χ2n) is 3.66. The molecule has 1 aliphatic carbocycles. The Morgan fingerprint density at radius 2 is 2.06 bits per heavy atom. The third-order valence-corrected chi connectivity index (χ3v) is 3.78. The highest BCUT2D eigenvalue weighted by atomic mass is 32.1. The highest BCUT2D eigenvalue weighted by molar-refractivity contribution is 7.17. The summed E-state index contributed by atoms with van der Waals surface area (Å²) in [7, 11) is 0. The van der Waals surface area contributed by atoms with E-state index in [1.54, 1.807) is 0 Å². The lowest BCUT2D eigenvalue weighted by molar-refractivity contribution is -0.126. The first-order chi connectivity index (χ1) is 8.00. The summed E-state index contributed by atoms with van der Waals surface area (Å²) in [4.78, 5) is 22.8. The average Bonchev–Trinajstić information content (AvgIpc) is 2.75. The first-order valence-electron chi connectivity index (χ1n) is 4.97. The fraction of sp³-hybridized carbons (Fsp3) is 0.400. The summed E-state index contributed by atoms with van der Waals surface area (Å²) in [5, 5.41) is 11.0. The van der Waals surface area contributed by atoms with Crippen molar-refractivity contribution in [2.24, 2.45) is 0 Å². The molecule has 0 fully saturated rings. The molecule has 2 rings (SSSR count). The molecule has 1 heterocycles. The number of hydrogen-bond acceptors (Lipinski definition) is 3. The predicted octanol–water partition coefficient (Wildman–Crippen LogP) is 2.14. The molecule has 0 bridgehead atoms. The molecule has 17 heavy (non-hydrogen) atoms. The van der Waals surface area contributed by atoms with E-state index in [0.29, 0.717) is 12.0 Å². The number of fused-ring (bicyclic) bond motifs is 1. The van der Waals surface area contributed by atoms with Gasteiger partial charge in [0.25, 0.3) is 5.91 Å². The zero-order chi connectivity index (χ0) is 12.6. The van der Waals surface area contributed by atoms with Gasteiger partial charge in [-0.05, 0) is 24.8 Å². The predicted molar refractivity (Wildman–Crippen MR) is 57.9 cm³/mol. The second kappa shape index (κ2) is 4.40. The zero-order valence-corrected chi connectivity index (χ0v) is 9.44. The van der Waals surface area contributed by atoms with Gasteiger partial charge in [-0.1, -0.05) is 0 Å². The van der Waals surface area contributed by atoms with Crippen molar-refractivity contribution in [3.63, 3.8) is 0 Å². The molecule has 0 spiro atoms.